The number of amides is 1. The lowest BCUT2D eigenvalue weighted by Gasteiger charge is -2.12. The highest BCUT2D eigenvalue weighted by Crippen LogP contribution is 2.29. The van der Waals surface area contributed by atoms with Gasteiger partial charge in [-0.3, -0.25) is 9.78 Å². The summed E-state index contributed by atoms with van der Waals surface area (Å²) in [5, 5.41) is 10.3. The molecule has 1 atom stereocenters. The van der Waals surface area contributed by atoms with Crippen LogP contribution in [0.25, 0.3) is 10.9 Å². The third-order valence-corrected chi connectivity index (χ3v) is 5.90. The predicted molar refractivity (Wildman–Crippen MR) is 139 cm³/mol. The van der Waals surface area contributed by atoms with Crippen molar-refractivity contribution in [2.24, 2.45) is 0 Å². The van der Waals surface area contributed by atoms with Crippen molar-refractivity contribution in [2.75, 3.05) is 18.4 Å². The van der Waals surface area contributed by atoms with E-state index in [1.54, 1.807) is 12.4 Å². The molecule has 0 bridgehead atoms. The van der Waals surface area contributed by atoms with Crippen molar-refractivity contribution < 1.29 is 9.53 Å². The first-order valence-corrected chi connectivity index (χ1v) is 11.9. The smallest absolute Gasteiger partial charge is 0.237 e. The van der Waals surface area contributed by atoms with Crippen molar-refractivity contribution in [3.8, 4) is 23.3 Å². The van der Waals surface area contributed by atoms with Gasteiger partial charge in [-0.05, 0) is 80.4 Å². The molecule has 5 rings (SSSR count). The lowest BCUT2D eigenvalue weighted by molar-refractivity contribution is -0.122. The largest absolute Gasteiger partial charge is 0.455 e. The molecule has 1 amide bonds. The number of benzene rings is 2. The molecule has 8 heteroatoms. The van der Waals surface area contributed by atoms with Crippen molar-refractivity contribution >= 4 is 28.3 Å². The Morgan fingerprint density at radius 3 is 2.94 bits per heavy atom. The van der Waals surface area contributed by atoms with E-state index in [4.69, 9.17) is 4.74 Å². The van der Waals surface area contributed by atoms with Crippen LogP contribution in [-0.4, -0.2) is 40.0 Å². The Morgan fingerprint density at radius 1 is 1.19 bits per heavy atom. The zero-order valence-electron chi connectivity index (χ0n) is 19.9. The van der Waals surface area contributed by atoms with E-state index >= 15 is 0 Å². The number of fused-ring (bicyclic) bond motifs is 1. The Labute approximate surface area is 209 Å². The Hall–Kier alpha value is -4.48. The van der Waals surface area contributed by atoms with E-state index in [-0.39, 0.29) is 11.9 Å². The second-order valence-corrected chi connectivity index (χ2v) is 8.52. The third-order valence-electron chi connectivity index (χ3n) is 5.90. The second kappa shape index (κ2) is 10.8. The molecule has 1 aliphatic heterocycles. The van der Waals surface area contributed by atoms with Crippen molar-refractivity contribution in [2.45, 2.75) is 25.8 Å². The summed E-state index contributed by atoms with van der Waals surface area (Å²) >= 11 is 0. The molecule has 0 unspecified atom stereocenters. The fourth-order valence-electron chi connectivity index (χ4n) is 4.06. The molecule has 3 heterocycles. The number of hydrogen-bond donors (Lipinski definition) is 3. The van der Waals surface area contributed by atoms with E-state index in [0.29, 0.717) is 18.1 Å². The average Bonchev–Trinajstić information content (AvgIpc) is 3.44. The minimum atomic E-state index is -0.0992. The Kier molecular flexibility index (Phi) is 7.01. The number of ether oxygens (including phenoxy) is 1. The summed E-state index contributed by atoms with van der Waals surface area (Å²) in [6, 6.07) is 15.3. The maximum atomic E-state index is 12.1. The number of nitrogens with one attached hydrogen (secondary N) is 3. The molecule has 1 aliphatic rings. The number of nitrogens with zero attached hydrogens (tertiary/aromatic N) is 3. The number of carbonyl (C=O) groups excluding carboxylic acids is 1. The molecule has 8 nitrogen and oxygen atoms in total. The summed E-state index contributed by atoms with van der Waals surface area (Å²) in [5.41, 5.74) is 3.49. The molecule has 36 heavy (non-hydrogen) atoms. The average molecular weight is 479 g/mol. The van der Waals surface area contributed by atoms with Crippen LogP contribution in [0, 0.1) is 18.8 Å². The summed E-state index contributed by atoms with van der Waals surface area (Å²) in [5.74, 6) is 8.29. The van der Waals surface area contributed by atoms with Crippen molar-refractivity contribution in [3.05, 3.63) is 78.4 Å². The Balaban J connectivity index is 1.29. The summed E-state index contributed by atoms with van der Waals surface area (Å²) < 4.78 is 5.93. The van der Waals surface area contributed by atoms with Crippen molar-refractivity contribution in [3.63, 3.8) is 0 Å². The molecule has 1 saturated heterocycles. The van der Waals surface area contributed by atoms with Crippen molar-refractivity contribution in [1.82, 2.24) is 25.6 Å². The minimum absolute atomic E-state index is 0.00680. The normalized spacial score (nSPS) is 14.6. The highest BCUT2D eigenvalue weighted by Gasteiger charge is 2.20. The van der Waals surface area contributed by atoms with Crippen LogP contribution in [0.5, 0.6) is 11.5 Å². The SMILES string of the molecule is Cc1cc(Nc2ncnc3ccc(C#CCNC(=O)[C@H]4CCCN4)cc23)ccc1Oc1cccnc1. The van der Waals surface area contributed by atoms with Gasteiger partial charge in [-0.15, -0.1) is 0 Å². The quantitative estimate of drug-likeness (QED) is 0.359. The van der Waals surface area contributed by atoms with Crippen LogP contribution in [0.4, 0.5) is 11.5 Å². The van der Waals surface area contributed by atoms with E-state index < -0.39 is 0 Å². The van der Waals surface area contributed by atoms with Crippen LogP contribution in [0.1, 0.15) is 24.0 Å². The summed E-state index contributed by atoms with van der Waals surface area (Å²) in [4.78, 5) is 25.0. The van der Waals surface area contributed by atoms with Gasteiger partial charge in [0.25, 0.3) is 0 Å². The monoisotopic (exact) mass is 478 g/mol. The van der Waals surface area contributed by atoms with Crippen LogP contribution >= 0.6 is 0 Å². The van der Waals surface area contributed by atoms with Gasteiger partial charge < -0.3 is 20.7 Å². The van der Waals surface area contributed by atoms with Gasteiger partial charge in [0.05, 0.1) is 24.3 Å². The first-order valence-electron chi connectivity index (χ1n) is 11.9. The molecule has 0 radical (unpaired) electrons. The predicted octanol–water partition coefficient (Wildman–Crippen LogP) is 4.09. The van der Waals surface area contributed by atoms with Gasteiger partial charge in [0.15, 0.2) is 0 Å². The van der Waals surface area contributed by atoms with Gasteiger partial charge in [-0.1, -0.05) is 11.8 Å². The van der Waals surface area contributed by atoms with Gasteiger partial charge >= 0.3 is 0 Å². The fraction of sp³-hybridized carbons (Fsp3) is 0.214. The van der Waals surface area contributed by atoms with Crippen LogP contribution in [0.2, 0.25) is 0 Å². The molecular weight excluding hydrogens is 452 g/mol. The maximum absolute atomic E-state index is 12.1. The standard InChI is InChI=1S/C28H26N6O2/c1-19-15-21(9-11-26(19)36-22-6-3-12-29-17-22)34-27-23-16-20(8-10-24(23)32-18-33-27)5-2-14-31-28(35)25-7-4-13-30-25/h3,6,8-12,15-18,25,30H,4,7,13-14H2,1H3,(H,31,35)(H,32,33,34)/t25-/m1/s1. The molecule has 0 saturated carbocycles. The molecule has 2 aromatic carbocycles. The topological polar surface area (TPSA) is 101 Å². The zero-order valence-corrected chi connectivity index (χ0v) is 19.9. The van der Waals surface area contributed by atoms with Gasteiger partial charge in [-0.25, -0.2) is 9.97 Å². The molecule has 2 aromatic heterocycles. The van der Waals surface area contributed by atoms with E-state index in [0.717, 1.165) is 52.9 Å². The van der Waals surface area contributed by atoms with Crippen LogP contribution in [0.15, 0.2) is 67.3 Å². The molecule has 0 aliphatic carbocycles. The van der Waals surface area contributed by atoms with E-state index in [9.17, 15) is 4.79 Å². The van der Waals surface area contributed by atoms with Gasteiger partial charge in [0.2, 0.25) is 5.91 Å². The molecular formula is C28H26N6O2. The maximum Gasteiger partial charge on any atom is 0.237 e. The second-order valence-electron chi connectivity index (χ2n) is 8.52. The van der Waals surface area contributed by atoms with Crippen LogP contribution < -0.4 is 20.7 Å². The highest BCUT2D eigenvalue weighted by molar-refractivity contribution is 5.91. The van der Waals surface area contributed by atoms with Crippen LogP contribution in [-0.2, 0) is 4.79 Å². The first kappa shape index (κ1) is 23.3. The van der Waals surface area contributed by atoms with Gasteiger partial charge in [0, 0.05) is 22.8 Å². The lowest BCUT2D eigenvalue weighted by atomic mass is 10.1. The van der Waals surface area contributed by atoms with Crippen LogP contribution in [0.3, 0.4) is 0 Å². The Morgan fingerprint density at radius 2 is 2.14 bits per heavy atom. The van der Waals surface area contributed by atoms with E-state index in [1.165, 1.54) is 6.33 Å². The van der Waals surface area contributed by atoms with E-state index in [2.05, 4.69) is 42.7 Å². The number of carbonyl (C=O) groups is 1. The number of hydrogen-bond acceptors (Lipinski definition) is 7. The number of rotatable bonds is 6. The van der Waals surface area contributed by atoms with Crippen molar-refractivity contribution in [1.29, 1.82) is 0 Å². The molecule has 180 valence electrons. The van der Waals surface area contributed by atoms with Gasteiger partial charge in [-0.2, -0.15) is 0 Å². The summed E-state index contributed by atoms with van der Waals surface area (Å²) in [6.45, 7) is 3.19. The Bertz CT molecular complexity index is 1440. The molecule has 4 aromatic rings. The number of aromatic nitrogens is 3. The number of anilines is 2. The highest BCUT2D eigenvalue weighted by atomic mass is 16.5. The third kappa shape index (κ3) is 5.59. The fourth-order valence-corrected chi connectivity index (χ4v) is 4.06. The first-order chi connectivity index (χ1) is 17.7. The molecule has 1 fully saturated rings. The number of aryl methyl sites for hydroxylation is 1. The summed E-state index contributed by atoms with van der Waals surface area (Å²) in [7, 11) is 0. The molecule has 0 spiro atoms. The summed E-state index contributed by atoms with van der Waals surface area (Å²) in [6.07, 6.45) is 6.83. The number of pyridine rings is 1. The zero-order chi connectivity index (χ0) is 24.7. The minimum Gasteiger partial charge on any atom is -0.455 e. The molecule has 3 N–H and O–H groups in total. The van der Waals surface area contributed by atoms with Gasteiger partial charge in [0.1, 0.15) is 23.6 Å². The lowest BCUT2D eigenvalue weighted by Crippen LogP contribution is -2.40. The van der Waals surface area contributed by atoms with E-state index in [1.807, 2.05) is 55.5 Å².